The summed E-state index contributed by atoms with van der Waals surface area (Å²) in [7, 11) is 0. The minimum Gasteiger partial charge on any atom is -0.392 e. The monoisotopic (exact) mass is 253 g/mol. The van der Waals surface area contributed by atoms with Gasteiger partial charge in [0.1, 0.15) is 5.82 Å². The molecular weight excluding hydrogens is 229 g/mol. The Morgan fingerprint density at radius 1 is 1.33 bits per heavy atom. The summed E-state index contributed by atoms with van der Waals surface area (Å²) in [5, 5.41) is 9.01. The van der Waals surface area contributed by atoms with Crippen LogP contribution < -0.4 is 4.90 Å². The molecule has 0 radical (unpaired) electrons. The van der Waals surface area contributed by atoms with Gasteiger partial charge in [0.25, 0.3) is 0 Å². The van der Waals surface area contributed by atoms with E-state index in [-0.39, 0.29) is 12.4 Å². The van der Waals surface area contributed by atoms with Gasteiger partial charge in [0.2, 0.25) is 0 Å². The molecule has 1 atom stereocenters. The Hall–Kier alpha value is -1.09. The molecule has 0 saturated heterocycles. The zero-order chi connectivity index (χ0) is 13.5. The van der Waals surface area contributed by atoms with Crippen LogP contribution in [0, 0.1) is 5.82 Å². The Bertz CT molecular complexity index is 368. The molecule has 1 aromatic rings. The fourth-order valence-corrected chi connectivity index (χ4v) is 2.01. The van der Waals surface area contributed by atoms with Gasteiger partial charge in [-0.1, -0.05) is 26.3 Å². The first kappa shape index (κ1) is 15.0. The molecule has 0 aromatic heterocycles. The number of unbranched alkanes of at least 4 members (excludes halogenated alkanes) is 1. The number of anilines is 1. The predicted octanol–water partition coefficient (Wildman–Crippen LogP) is 3.72. The van der Waals surface area contributed by atoms with Crippen molar-refractivity contribution in [2.45, 2.75) is 52.7 Å². The lowest BCUT2D eigenvalue weighted by Crippen LogP contribution is -2.34. The second-order valence-electron chi connectivity index (χ2n) is 4.75. The summed E-state index contributed by atoms with van der Waals surface area (Å²) in [6.07, 6.45) is 3.15. The van der Waals surface area contributed by atoms with Gasteiger partial charge in [-0.25, -0.2) is 4.39 Å². The highest BCUT2D eigenvalue weighted by Gasteiger charge is 2.16. The molecule has 2 nitrogen and oxygen atoms in total. The summed E-state index contributed by atoms with van der Waals surface area (Å²) in [6.45, 7) is 7.13. The van der Waals surface area contributed by atoms with Gasteiger partial charge in [-0.15, -0.1) is 0 Å². The smallest absolute Gasteiger partial charge is 0.146 e. The molecule has 102 valence electrons. The van der Waals surface area contributed by atoms with Gasteiger partial charge in [-0.3, -0.25) is 0 Å². The molecule has 0 aliphatic heterocycles. The van der Waals surface area contributed by atoms with Crippen LogP contribution in [0.15, 0.2) is 18.2 Å². The van der Waals surface area contributed by atoms with Gasteiger partial charge in [0.05, 0.1) is 12.3 Å². The van der Waals surface area contributed by atoms with E-state index >= 15 is 0 Å². The number of rotatable bonds is 7. The third-order valence-corrected chi connectivity index (χ3v) is 3.38. The topological polar surface area (TPSA) is 23.5 Å². The van der Waals surface area contributed by atoms with E-state index in [2.05, 4.69) is 25.7 Å². The van der Waals surface area contributed by atoms with Gasteiger partial charge < -0.3 is 10.0 Å². The van der Waals surface area contributed by atoms with Gasteiger partial charge >= 0.3 is 0 Å². The van der Waals surface area contributed by atoms with Crippen LogP contribution in [0.2, 0.25) is 0 Å². The fourth-order valence-electron chi connectivity index (χ4n) is 2.01. The summed E-state index contributed by atoms with van der Waals surface area (Å²) in [5.74, 6) is -0.238. The van der Waals surface area contributed by atoms with Gasteiger partial charge in [-0.2, -0.15) is 0 Å². The van der Waals surface area contributed by atoms with Crippen LogP contribution in [0.4, 0.5) is 10.1 Å². The zero-order valence-corrected chi connectivity index (χ0v) is 11.6. The number of nitrogens with zero attached hydrogens (tertiary/aromatic N) is 1. The fraction of sp³-hybridized carbons (Fsp3) is 0.600. The van der Waals surface area contributed by atoms with Crippen molar-refractivity contribution >= 4 is 5.69 Å². The highest BCUT2D eigenvalue weighted by molar-refractivity contribution is 5.50. The SMILES string of the molecule is CCCCN(c1ccc(CO)cc1F)C(C)CC. The first-order valence-corrected chi connectivity index (χ1v) is 6.79. The summed E-state index contributed by atoms with van der Waals surface area (Å²) in [5.41, 5.74) is 1.27. The van der Waals surface area contributed by atoms with E-state index in [4.69, 9.17) is 5.11 Å². The minimum absolute atomic E-state index is 0.116. The molecule has 1 aromatic carbocycles. The number of benzene rings is 1. The average molecular weight is 253 g/mol. The van der Waals surface area contributed by atoms with Crippen molar-refractivity contribution in [2.24, 2.45) is 0 Å². The van der Waals surface area contributed by atoms with E-state index in [0.29, 0.717) is 17.3 Å². The standard InChI is InChI=1S/C15H24FNO/c1-4-6-9-17(12(3)5-2)15-8-7-13(11-18)10-14(15)16/h7-8,10,12,18H,4-6,9,11H2,1-3H3. The molecule has 1 rings (SSSR count). The Balaban J connectivity index is 2.96. The maximum Gasteiger partial charge on any atom is 0.146 e. The minimum atomic E-state index is -0.238. The number of aliphatic hydroxyl groups is 1. The summed E-state index contributed by atoms with van der Waals surface area (Å²) in [6, 6.07) is 5.32. The Labute approximate surface area is 109 Å². The number of hydrogen-bond acceptors (Lipinski definition) is 2. The molecule has 0 heterocycles. The quantitative estimate of drug-likeness (QED) is 0.800. The number of halogens is 1. The van der Waals surface area contributed by atoms with Crippen molar-refractivity contribution < 1.29 is 9.50 Å². The lowest BCUT2D eigenvalue weighted by molar-refractivity contribution is 0.281. The lowest BCUT2D eigenvalue weighted by Gasteiger charge is -2.31. The largest absolute Gasteiger partial charge is 0.392 e. The van der Waals surface area contributed by atoms with Crippen molar-refractivity contribution in [3.8, 4) is 0 Å². The van der Waals surface area contributed by atoms with Crippen molar-refractivity contribution in [3.63, 3.8) is 0 Å². The Morgan fingerprint density at radius 3 is 2.56 bits per heavy atom. The Morgan fingerprint density at radius 2 is 2.06 bits per heavy atom. The van der Waals surface area contributed by atoms with Crippen LogP contribution >= 0.6 is 0 Å². The molecule has 3 heteroatoms. The zero-order valence-electron chi connectivity index (χ0n) is 11.6. The van der Waals surface area contributed by atoms with Crippen LogP contribution in [0.5, 0.6) is 0 Å². The maximum absolute atomic E-state index is 14.1. The molecule has 1 N–H and O–H groups in total. The van der Waals surface area contributed by atoms with Crippen LogP contribution in [0.1, 0.15) is 45.6 Å². The van der Waals surface area contributed by atoms with Crippen molar-refractivity contribution in [3.05, 3.63) is 29.6 Å². The normalized spacial score (nSPS) is 12.5. The molecule has 1 unspecified atom stereocenters. The molecule has 0 amide bonds. The van der Waals surface area contributed by atoms with E-state index in [9.17, 15) is 4.39 Å². The Kier molecular flexibility index (Phi) is 6.13. The summed E-state index contributed by atoms with van der Waals surface area (Å²) < 4.78 is 14.1. The third kappa shape index (κ3) is 3.70. The van der Waals surface area contributed by atoms with E-state index in [1.165, 1.54) is 6.07 Å². The van der Waals surface area contributed by atoms with Crippen LogP contribution in [0.25, 0.3) is 0 Å². The third-order valence-electron chi connectivity index (χ3n) is 3.38. The van der Waals surface area contributed by atoms with E-state index in [0.717, 1.165) is 25.8 Å². The van der Waals surface area contributed by atoms with Crippen LogP contribution in [-0.4, -0.2) is 17.7 Å². The van der Waals surface area contributed by atoms with E-state index < -0.39 is 0 Å². The number of hydrogen-bond donors (Lipinski definition) is 1. The first-order chi connectivity index (χ1) is 8.63. The van der Waals surface area contributed by atoms with Crippen molar-refractivity contribution in [2.75, 3.05) is 11.4 Å². The maximum atomic E-state index is 14.1. The summed E-state index contributed by atoms with van der Waals surface area (Å²) in [4.78, 5) is 2.12. The molecule has 0 aliphatic rings. The van der Waals surface area contributed by atoms with Gasteiger partial charge in [0, 0.05) is 12.6 Å². The molecule has 0 aliphatic carbocycles. The summed E-state index contributed by atoms with van der Waals surface area (Å²) >= 11 is 0. The second kappa shape index (κ2) is 7.37. The highest BCUT2D eigenvalue weighted by atomic mass is 19.1. The molecule has 0 saturated carbocycles. The van der Waals surface area contributed by atoms with Gasteiger partial charge in [0.15, 0.2) is 0 Å². The second-order valence-corrected chi connectivity index (χ2v) is 4.75. The molecule has 0 spiro atoms. The van der Waals surface area contributed by atoms with Crippen molar-refractivity contribution in [1.82, 2.24) is 0 Å². The molecule has 18 heavy (non-hydrogen) atoms. The lowest BCUT2D eigenvalue weighted by atomic mass is 10.1. The van der Waals surface area contributed by atoms with Crippen molar-refractivity contribution in [1.29, 1.82) is 0 Å². The molecule has 0 fully saturated rings. The van der Waals surface area contributed by atoms with Crippen LogP contribution in [0.3, 0.4) is 0 Å². The number of aliphatic hydroxyl groups excluding tert-OH is 1. The predicted molar refractivity (Wildman–Crippen MR) is 74.3 cm³/mol. The highest BCUT2D eigenvalue weighted by Crippen LogP contribution is 2.24. The van der Waals surface area contributed by atoms with Crippen LogP contribution in [-0.2, 0) is 6.61 Å². The molecule has 0 bridgehead atoms. The van der Waals surface area contributed by atoms with E-state index in [1.54, 1.807) is 12.1 Å². The average Bonchev–Trinajstić information content (AvgIpc) is 2.39. The molecular formula is C15H24FNO. The van der Waals surface area contributed by atoms with E-state index in [1.807, 2.05) is 0 Å². The van der Waals surface area contributed by atoms with Gasteiger partial charge in [-0.05, 0) is 37.5 Å². The first-order valence-electron chi connectivity index (χ1n) is 6.79.